The quantitative estimate of drug-likeness (QED) is 0.836. The average molecular weight is 282 g/mol. The van der Waals surface area contributed by atoms with Gasteiger partial charge in [-0.25, -0.2) is 8.42 Å². The molecule has 0 spiro atoms. The molecule has 1 aliphatic heterocycles. The van der Waals surface area contributed by atoms with E-state index in [-0.39, 0.29) is 5.22 Å². The van der Waals surface area contributed by atoms with Crippen molar-refractivity contribution in [1.82, 2.24) is 4.98 Å². The minimum Gasteiger partial charge on any atom is -0.428 e. The lowest BCUT2D eigenvalue weighted by atomic mass is 10.2. The van der Waals surface area contributed by atoms with E-state index in [0.29, 0.717) is 42.8 Å². The molecule has 1 aromatic carbocycles. The Hall–Kier alpha value is -1.60. The predicted molar refractivity (Wildman–Crippen MR) is 69.4 cm³/mol. The van der Waals surface area contributed by atoms with Gasteiger partial charge in [-0.15, -0.1) is 0 Å². The molecule has 102 valence electrons. The van der Waals surface area contributed by atoms with Gasteiger partial charge in [0.05, 0.1) is 5.25 Å². The molecule has 1 aliphatic rings. The van der Waals surface area contributed by atoms with Crippen molar-refractivity contribution in [1.29, 1.82) is 0 Å². The number of ether oxygens (including phenoxy) is 1. The SMILES string of the molecule is Nc1ccc2nc(S(=O)(=O)C3CCOCC3)oc2c1. The fraction of sp³-hybridized carbons (Fsp3) is 0.417. The van der Waals surface area contributed by atoms with Gasteiger partial charge in [0.2, 0.25) is 9.84 Å². The first-order valence-electron chi connectivity index (χ1n) is 6.05. The van der Waals surface area contributed by atoms with Gasteiger partial charge in [0.25, 0.3) is 0 Å². The Morgan fingerprint density at radius 3 is 2.74 bits per heavy atom. The van der Waals surface area contributed by atoms with Crippen molar-refractivity contribution in [2.75, 3.05) is 18.9 Å². The molecule has 0 saturated carbocycles. The number of anilines is 1. The Morgan fingerprint density at radius 2 is 2.00 bits per heavy atom. The van der Waals surface area contributed by atoms with Crippen LogP contribution in [-0.2, 0) is 14.6 Å². The number of rotatable bonds is 2. The first kappa shape index (κ1) is 12.4. The van der Waals surface area contributed by atoms with Crippen LogP contribution in [0.5, 0.6) is 0 Å². The molecule has 7 heteroatoms. The number of nitrogens with zero attached hydrogens (tertiary/aromatic N) is 1. The van der Waals surface area contributed by atoms with Crippen molar-refractivity contribution in [3.8, 4) is 0 Å². The smallest absolute Gasteiger partial charge is 0.316 e. The number of hydrogen-bond donors (Lipinski definition) is 1. The highest BCUT2D eigenvalue weighted by Crippen LogP contribution is 2.27. The Labute approximate surface area is 110 Å². The third-order valence-electron chi connectivity index (χ3n) is 3.24. The summed E-state index contributed by atoms with van der Waals surface area (Å²) < 4.78 is 35.3. The Morgan fingerprint density at radius 1 is 1.26 bits per heavy atom. The molecule has 1 fully saturated rings. The molecule has 2 aromatic rings. The highest BCUT2D eigenvalue weighted by molar-refractivity contribution is 7.91. The summed E-state index contributed by atoms with van der Waals surface area (Å²) in [4.78, 5) is 4.05. The van der Waals surface area contributed by atoms with E-state index in [9.17, 15) is 8.42 Å². The molecule has 0 bridgehead atoms. The molecule has 19 heavy (non-hydrogen) atoms. The van der Waals surface area contributed by atoms with Gasteiger partial charge in [-0.05, 0) is 25.0 Å². The molecule has 0 atom stereocenters. The second-order valence-corrected chi connectivity index (χ2v) is 6.67. The fourth-order valence-corrected chi connectivity index (χ4v) is 3.70. The Balaban J connectivity index is 2.02. The Kier molecular flexibility index (Phi) is 2.94. The molecule has 0 radical (unpaired) electrons. The highest BCUT2D eigenvalue weighted by atomic mass is 32.2. The van der Waals surface area contributed by atoms with Gasteiger partial charge in [-0.3, -0.25) is 0 Å². The molecule has 2 N–H and O–H groups in total. The van der Waals surface area contributed by atoms with Gasteiger partial charge in [0.15, 0.2) is 5.58 Å². The van der Waals surface area contributed by atoms with Gasteiger partial charge in [-0.1, -0.05) is 0 Å². The molecule has 0 unspecified atom stereocenters. The van der Waals surface area contributed by atoms with Gasteiger partial charge < -0.3 is 14.9 Å². The maximum absolute atomic E-state index is 12.4. The van der Waals surface area contributed by atoms with Crippen molar-refractivity contribution in [2.45, 2.75) is 23.3 Å². The first-order valence-corrected chi connectivity index (χ1v) is 7.60. The van der Waals surface area contributed by atoms with Crippen molar-refractivity contribution in [3.63, 3.8) is 0 Å². The van der Waals surface area contributed by atoms with Crippen LogP contribution < -0.4 is 5.73 Å². The summed E-state index contributed by atoms with van der Waals surface area (Å²) >= 11 is 0. The van der Waals surface area contributed by atoms with Crippen molar-refractivity contribution >= 4 is 26.6 Å². The average Bonchev–Trinajstić information content (AvgIpc) is 2.83. The van der Waals surface area contributed by atoms with E-state index in [1.165, 1.54) is 0 Å². The van der Waals surface area contributed by atoms with E-state index in [4.69, 9.17) is 14.9 Å². The molecule has 0 aliphatic carbocycles. The van der Waals surface area contributed by atoms with Gasteiger partial charge in [-0.2, -0.15) is 4.98 Å². The van der Waals surface area contributed by atoms with Crippen LogP contribution in [0.25, 0.3) is 11.1 Å². The van der Waals surface area contributed by atoms with Crippen molar-refractivity contribution in [2.24, 2.45) is 0 Å². The van der Waals surface area contributed by atoms with Gasteiger partial charge in [0.1, 0.15) is 5.52 Å². The van der Waals surface area contributed by atoms with E-state index < -0.39 is 15.1 Å². The van der Waals surface area contributed by atoms with E-state index in [2.05, 4.69) is 4.98 Å². The normalized spacial score (nSPS) is 17.9. The summed E-state index contributed by atoms with van der Waals surface area (Å²) in [6.07, 6.45) is 0.951. The predicted octanol–water partition coefficient (Wildman–Crippen LogP) is 1.36. The van der Waals surface area contributed by atoms with E-state index >= 15 is 0 Å². The lowest BCUT2D eigenvalue weighted by Crippen LogP contribution is -2.29. The molecule has 1 saturated heterocycles. The van der Waals surface area contributed by atoms with Crippen LogP contribution in [0.3, 0.4) is 0 Å². The zero-order valence-corrected chi connectivity index (χ0v) is 11.0. The molecule has 1 aromatic heterocycles. The number of fused-ring (bicyclic) bond motifs is 1. The van der Waals surface area contributed by atoms with E-state index in [0.717, 1.165) is 0 Å². The second kappa shape index (κ2) is 4.50. The molecule has 6 nitrogen and oxygen atoms in total. The molecule has 0 amide bonds. The number of nitrogen functional groups attached to an aromatic ring is 1. The van der Waals surface area contributed by atoms with Crippen LogP contribution >= 0.6 is 0 Å². The summed E-state index contributed by atoms with van der Waals surface area (Å²) in [6, 6.07) is 4.89. The number of nitrogens with two attached hydrogens (primary N) is 1. The lowest BCUT2D eigenvalue weighted by molar-refractivity contribution is 0.0980. The minimum atomic E-state index is -3.54. The van der Waals surface area contributed by atoms with Crippen LogP contribution in [0, 0.1) is 0 Å². The van der Waals surface area contributed by atoms with Crippen molar-refractivity contribution < 1.29 is 17.6 Å². The van der Waals surface area contributed by atoms with Crippen LogP contribution in [0.2, 0.25) is 0 Å². The summed E-state index contributed by atoms with van der Waals surface area (Å²) in [5.74, 6) is 0. The standard InChI is InChI=1S/C12H14N2O4S/c13-8-1-2-10-11(7-8)18-12(14-10)19(15,16)9-3-5-17-6-4-9/h1-2,7,9H,3-6,13H2. The lowest BCUT2D eigenvalue weighted by Gasteiger charge is -2.20. The Bertz CT molecular complexity index is 702. The summed E-state index contributed by atoms with van der Waals surface area (Å²) in [5.41, 5.74) is 7.04. The van der Waals surface area contributed by atoms with Gasteiger partial charge >= 0.3 is 5.22 Å². The third kappa shape index (κ3) is 2.19. The zero-order valence-electron chi connectivity index (χ0n) is 10.2. The van der Waals surface area contributed by atoms with Gasteiger partial charge in [0, 0.05) is 25.0 Å². The van der Waals surface area contributed by atoms with Crippen LogP contribution in [-0.4, -0.2) is 31.9 Å². The molecular weight excluding hydrogens is 268 g/mol. The number of hydrogen-bond acceptors (Lipinski definition) is 6. The van der Waals surface area contributed by atoms with Crippen LogP contribution in [0.15, 0.2) is 27.8 Å². The van der Waals surface area contributed by atoms with Crippen LogP contribution in [0.4, 0.5) is 5.69 Å². The summed E-state index contributed by atoms with van der Waals surface area (Å²) in [7, 11) is -3.54. The van der Waals surface area contributed by atoms with Crippen LogP contribution in [0.1, 0.15) is 12.8 Å². The maximum atomic E-state index is 12.4. The molecule has 2 heterocycles. The summed E-state index contributed by atoms with van der Waals surface area (Å²) in [6.45, 7) is 0.911. The molecular formula is C12H14N2O4S. The number of sulfone groups is 1. The maximum Gasteiger partial charge on any atom is 0.316 e. The fourth-order valence-electron chi connectivity index (χ4n) is 2.17. The number of benzene rings is 1. The third-order valence-corrected chi connectivity index (χ3v) is 5.25. The largest absolute Gasteiger partial charge is 0.428 e. The first-order chi connectivity index (χ1) is 9.07. The van der Waals surface area contributed by atoms with E-state index in [1.54, 1.807) is 18.2 Å². The second-order valence-electron chi connectivity index (χ2n) is 4.56. The minimum absolute atomic E-state index is 0.222. The monoisotopic (exact) mass is 282 g/mol. The van der Waals surface area contributed by atoms with E-state index in [1.807, 2.05) is 0 Å². The topological polar surface area (TPSA) is 95.4 Å². The van der Waals surface area contributed by atoms with Crippen molar-refractivity contribution in [3.05, 3.63) is 18.2 Å². The number of oxazole rings is 1. The summed E-state index contributed by atoms with van der Waals surface area (Å²) in [5, 5.41) is -0.702. The zero-order chi connectivity index (χ0) is 13.5. The highest BCUT2D eigenvalue weighted by Gasteiger charge is 2.33. The number of aromatic nitrogens is 1. The molecule has 3 rings (SSSR count).